The summed E-state index contributed by atoms with van der Waals surface area (Å²) in [6, 6.07) is 12.1. The summed E-state index contributed by atoms with van der Waals surface area (Å²) in [6.45, 7) is 4.07. The lowest BCUT2D eigenvalue weighted by atomic mass is 10.2. The number of nitrogens with zero attached hydrogens (tertiary/aromatic N) is 3. The fourth-order valence-electron chi connectivity index (χ4n) is 2.13. The van der Waals surface area contributed by atoms with Crippen molar-refractivity contribution in [2.24, 2.45) is 0 Å². The maximum atomic E-state index is 4.55. The highest BCUT2D eigenvalue weighted by atomic mass is 15.1. The normalized spacial score (nSPS) is 10.9. The molecule has 0 aliphatic rings. The van der Waals surface area contributed by atoms with Crippen molar-refractivity contribution in [3.8, 4) is 5.82 Å². The maximum absolute atomic E-state index is 4.55. The van der Waals surface area contributed by atoms with E-state index in [1.54, 1.807) is 0 Å². The van der Waals surface area contributed by atoms with Gasteiger partial charge in [0.15, 0.2) is 0 Å². The molecule has 0 saturated carbocycles. The molecule has 0 amide bonds. The van der Waals surface area contributed by atoms with E-state index in [9.17, 15) is 0 Å². The highest BCUT2D eigenvalue weighted by Crippen LogP contribution is 2.21. The van der Waals surface area contributed by atoms with Gasteiger partial charge >= 0.3 is 0 Å². The number of hydrogen-bond donors (Lipinski definition) is 0. The van der Waals surface area contributed by atoms with Crippen LogP contribution in [-0.2, 0) is 0 Å². The van der Waals surface area contributed by atoms with Crippen molar-refractivity contribution in [2.45, 2.75) is 13.8 Å². The second-order valence-corrected chi connectivity index (χ2v) is 4.13. The third kappa shape index (κ3) is 1.51. The summed E-state index contributed by atoms with van der Waals surface area (Å²) in [5.41, 5.74) is 3.26. The van der Waals surface area contributed by atoms with E-state index in [1.807, 2.05) is 37.4 Å². The molecule has 3 heteroatoms. The Labute approximate surface area is 99.8 Å². The molecule has 84 valence electrons. The minimum absolute atomic E-state index is 0.957. The van der Waals surface area contributed by atoms with E-state index in [0.29, 0.717) is 0 Å². The predicted octanol–water partition coefficient (Wildman–Crippen LogP) is 3.04. The maximum Gasteiger partial charge on any atom is 0.141 e. The van der Waals surface area contributed by atoms with Crippen molar-refractivity contribution < 1.29 is 0 Å². The Morgan fingerprint density at radius 3 is 2.65 bits per heavy atom. The second kappa shape index (κ2) is 3.70. The molecule has 0 radical (unpaired) electrons. The minimum Gasteiger partial charge on any atom is -0.280 e. The van der Waals surface area contributed by atoms with E-state index in [2.05, 4.69) is 33.6 Å². The van der Waals surface area contributed by atoms with Crippen LogP contribution in [0, 0.1) is 13.8 Å². The van der Waals surface area contributed by atoms with Crippen LogP contribution < -0.4 is 0 Å². The average Bonchev–Trinajstić information content (AvgIpc) is 2.66. The number of hydrogen-bond acceptors (Lipinski definition) is 2. The lowest BCUT2D eigenvalue weighted by Gasteiger charge is -2.08. The largest absolute Gasteiger partial charge is 0.280 e. The molecule has 0 bridgehead atoms. The first-order valence-electron chi connectivity index (χ1n) is 5.63. The third-order valence-corrected chi connectivity index (χ3v) is 2.92. The van der Waals surface area contributed by atoms with Gasteiger partial charge < -0.3 is 0 Å². The molecule has 1 aromatic carbocycles. The van der Waals surface area contributed by atoms with Gasteiger partial charge in [-0.15, -0.1) is 0 Å². The van der Waals surface area contributed by atoms with Gasteiger partial charge in [-0.2, -0.15) is 0 Å². The van der Waals surface area contributed by atoms with Crippen LogP contribution in [0.15, 0.2) is 42.6 Å². The van der Waals surface area contributed by atoms with E-state index in [-0.39, 0.29) is 0 Å². The fourth-order valence-corrected chi connectivity index (χ4v) is 2.13. The van der Waals surface area contributed by atoms with Crippen LogP contribution in [0.5, 0.6) is 0 Å². The van der Waals surface area contributed by atoms with Gasteiger partial charge in [-0.25, -0.2) is 9.97 Å². The molecule has 0 N–H and O–H groups in total. The molecule has 0 unspecified atom stereocenters. The molecule has 3 aromatic rings. The Bertz CT molecular complexity index is 683. The Balaban J connectivity index is 2.38. The number of aryl methyl sites for hydroxylation is 2. The summed E-state index contributed by atoms with van der Waals surface area (Å²) in [5, 5.41) is 0. The van der Waals surface area contributed by atoms with Crippen LogP contribution in [0.25, 0.3) is 16.9 Å². The van der Waals surface area contributed by atoms with Gasteiger partial charge in [-0.05, 0) is 37.6 Å². The Morgan fingerprint density at radius 2 is 1.82 bits per heavy atom. The zero-order valence-electron chi connectivity index (χ0n) is 9.88. The van der Waals surface area contributed by atoms with Gasteiger partial charge in [0.2, 0.25) is 0 Å². The van der Waals surface area contributed by atoms with Gasteiger partial charge in [0, 0.05) is 6.20 Å². The highest BCUT2D eigenvalue weighted by molar-refractivity contribution is 5.78. The molecule has 0 saturated heterocycles. The molecule has 3 rings (SSSR count). The molecular weight excluding hydrogens is 210 g/mol. The zero-order valence-corrected chi connectivity index (χ0v) is 9.88. The summed E-state index contributed by atoms with van der Waals surface area (Å²) < 4.78 is 2.10. The Morgan fingerprint density at radius 1 is 1.00 bits per heavy atom. The number of pyridine rings is 1. The summed E-state index contributed by atoms with van der Waals surface area (Å²) >= 11 is 0. The summed E-state index contributed by atoms with van der Waals surface area (Å²) in [6.07, 6.45) is 1.82. The van der Waals surface area contributed by atoms with E-state index in [1.165, 1.54) is 0 Å². The van der Waals surface area contributed by atoms with Crippen molar-refractivity contribution in [3.63, 3.8) is 0 Å². The first-order valence-corrected chi connectivity index (χ1v) is 5.63. The predicted molar refractivity (Wildman–Crippen MR) is 68.3 cm³/mol. The van der Waals surface area contributed by atoms with Crippen LogP contribution in [0.3, 0.4) is 0 Å². The van der Waals surface area contributed by atoms with Crippen molar-refractivity contribution in [2.75, 3.05) is 0 Å². The summed E-state index contributed by atoms with van der Waals surface area (Å²) in [7, 11) is 0. The topological polar surface area (TPSA) is 30.7 Å². The molecule has 0 atom stereocenters. The first-order chi connectivity index (χ1) is 8.27. The molecular formula is C14H13N3. The lowest BCUT2D eigenvalue weighted by Crippen LogP contribution is -2.01. The van der Waals surface area contributed by atoms with Crippen molar-refractivity contribution in [1.29, 1.82) is 0 Å². The molecule has 2 heterocycles. The molecule has 0 spiro atoms. The minimum atomic E-state index is 0.957. The molecule has 0 aliphatic carbocycles. The standard InChI is InChI=1S/C14H13N3/c1-10-6-5-9-15-14(10)17-11(2)16-12-7-3-4-8-13(12)17/h3-9H,1-2H3. The molecule has 17 heavy (non-hydrogen) atoms. The smallest absolute Gasteiger partial charge is 0.141 e. The quantitative estimate of drug-likeness (QED) is 0.634. The Hall–Kier alpha value is -2.16. The molecule has 2 aromatic heterocycles. The van der Waals surface area contributed by atoms with Gasteiger partial charge in [-0.3, -0.25) is 4.57 Å². The third-order valence-electron chi connectivity index (χ3n) is 2.92. The monoisotopic (exact) mass is 223 g/mol. The average molecular weight is 223 g/mol. The Kier molecular flexibility index (Phi) is 2.18. The number of imidazole rings is 1. The van der Waals surface area contributed by atoms with Crippen LogP contribution in [-0.4, -0.2) is 14.5 Å². The summed E-state index contributed by atoms with van der Waals surface area (Å²) in [5.74, 6) is 1.92. The van der Waals surface area contributed by atoms with E-state index in [0.717, 1.165) is 28.2 Å². The number of rotatable bonds is 1. The second-order valence-electron chi connectivity index (χ2n) is 4.13. The van der Waals surface area contributed by atoms with Crippen molar-refractivity contribution >= 4 is 11.0 Å². The van der Waals surface area contributed by atoms with Gasteiger partial charge in [0.1, 0.15) is 11.6 Å². The van der Waals surface area contributed by atoms with Crippen molar-refractivity contribution in [1.82, 2.24) is 14.5 Å². The number of aromatic nitrogens is 3. The molecule has 3 nitrogen and oxygen atoms in total. The number of benzene rings is 1. The van der Waals surface area contributed by atoms with E-state index >= 15 is 0 Å². The van der Waals surface area contributed by atoms with Crippen LogP contribution in [0.4, 0.5) is 0 Å². The number of para-hydroxylation sites is 2. The lowest BCUT2D eigenvalue weighted by molar-refractivity contribution is 0.944. The highest BCUT2D eigenvalue weighted by Gasteiger charge is 2.10. The number of fused-ring (bicyclic) bond motifs is 1. The van der Waals surface area contributed by atoms with Crippen LogP contribution in [0.1, 0.15) is 11.4 Å². The van der Waals surface area contributed by atoms with E-state index in [4.69, 9.17) is 0 Å². The van der Waals surface area contributed by atoms with Crippen LogP contribution in [0.2, 0.25) is 0 Å². The van der Waals surface area contributed by atoms with Gasteiger partial charge in [0.05, 0.1) is 11.0 Å². The van der Waals surface area contributed by atoms with Gasteiger partial charge in [0.25, 0.3) is 0 Å². The van der Waals surface area contributed by atoms with E-state index < -0.39 is 0 Å². The van der Waals surface area contributed by atoms with Crippen LogP contribution >= 0.6 is 0 Å². The molecule has 0 fully saturated rings. The summed E-state index contributed by atoms with van der Waals surface area (Å²) in [4.78, 5) is 9.01. The zero-order chi connectivity index (χ0) is 11.8. The fraction of sp³-hybridized carbons (Fsp3) is 0.143. The first kappa shape index (κ1) is 10.0. The van der Waals surface area contributed by atoms with Gasteiger partial charge in [-0.1, -0.05) is 18.2 Å². The van der Waals surface area contributed by atoms with Crippen molar-refractivity contribution in [3.05, 3.63) is 54.0 Å². The SMILES string of the molecule is Cc1cccnc1-n1c(C)nc2ccccc21. The molecule has 0 aliphatic heterocycles.